The van der Waals surface area contributed by atoms with Gasteiger partial charge in [-0.2, -0.15) is 5.10 Å². The van der Waals surface area contributed by atoms with Crippen molar-refractivity contribution in [2.24, 2.45) is 7.05 Å². The third-order valence-corrected chi connectivity index (χ3v) is 5.01. The van der Waals surface area contributed by atoms with E-state index in [1.54, 1.807) is 17.0 Å². The van der Waals surface area contributed by atoms with Gasteiger partial charge in [-0.25, -0.2) is 0 Å². The molecule has 0 unspecified atom stereocenters. The molecule has 6 nitrogen and oxygen atoms in total. The molecule has 1 saturated heterocycles. The van der Waals surface area contributed by atoms with E-state index in [0.717, 1.165) is 25.3 Å². The second kappa shape index (κ2) is 8.27. The van der Waals surface area contributed by atoms with E-state index in [2.05, 4.69) is 34.3 Å². The van der Waals surface area contributed by atoms with E-state index >= 15 is 0 Å². The molecule has 0 N–H and O–H groups in total. The number of hydrogen-bond acceptors (Lipinski definition) is 4. The zero-order valence-electron chi connectivity index (χ0n) is 16.0. The topological polar surface area (TPSA) is 54.5 Å². The summed E-state index contributed by atoms with van der Waals surface area (Å²) in [7, 11) is 1.83. The molecular formula is C22H24N4O2. The van der Waals surface area contributed by atoms with Crippen molar-refractivity contribution in [1.29, 1.82) is 0 Å². The fourth-order valence-corrected chi connectivity index (χ4v) is 3.42. The number of carbonyl (C=O) groups excluding carboxylic acids is 1. The Labute approximate surface area is 164 Å². The van der Waals surface area contributed by atoms with E-state index in [0.29, 0.717) is 24.5 Å². The number of amides is 1. The third-order valence-electron chi connectivity index (χ3n) is 5.01. The Hall–Kier alpha value is -3.12. The molecule has 1 fully saturated rings. The summed E-state index contributed by atoms with van der Waals surface area (Å²) in [4.78, 5) is 17.1. The number of aryl methyl sites for hydroxylation is 1. The number of hydrogen-bond donors (Lipinski definition) is 0. The van der Waals surface area contributed by atoms with Crippen molar-refractivity contribution >= 4 is 12.0 Å². The Morgan fingerprint density at radius 3 is 2.61 bits per heavy atom. The summed E-state index contributed by atoms with van der Waals surface area (Å²) in [5.41, 5.74) is 2.48. The van der Waals surface area contributed by atoms with E-state index in [9.17, 15) is 4.79 Å². The van der Waals surface area contributed by atoms with Crippen LogP contribution in [0.3, 0.4) is 0 Å². The first-order chi connectivity index (χ1) is 13.7. The number of furan rings is 1. The summed E-state index contributed by atoms with van der Waals surface area (Å²) in [6.07, 6.45) is 5.94. The van der Waals surface area contributed by atoms with Crippen molar-refractivity contribution in [2.45, 2.75) is 0 Å². The van der Waals surface area contributed by atoms with E-state index in [1.807, 2.05) is 42.3 Å². The highest BCUT2D eigenvalue weighted by Gasteiger charge is 2.24. The molecule has 1 aliphatic rings. The Morgan fingerprint density at radius 1 is 1.11 bits per heavy atom. The molecule has 0 saturated carbocycles. The van der Waals surface area contributed by atoms with Crippen molar-refractivity contribution in [1.82, 2.24) is 19.6 Å². The van der Waals surface area contributed by atoms with Crippen LogP contribution < -0.4 is 0 Å². The maximum Gasteiger partial charge on any atom is 0.274 e. The molecule has 0 bridgehead atoms. The third kappa shape index (κ3) is 4.07. The lowest BCUT2D eigenvalue weighted by Crippen LogP contribution is -2.48. The van der Waals surface area contributed by atoms with Crippen LogP contribution in [0.2, 0.25) is 0 Å². The largest absolute Gasteiger partial charge is 0.463 e. The SMILES string of the molecule is Cn1nc(C(=O)N2CCN(C/C=C/c3ccccc3)CC2)cc1-c1ccco1. The van der Waals surface area contributed by atoms with E-state index in [1.165, 1.54) is 5.56 Å². The van der Waals surface area contributed by atoms with Crippen molar-refractivity contribution in [3.8, 4) is 11.5 Å². The molecule has 144 valence electrons. The summed E-state index contributed by atoms with van der Waals surface area (Å²) < 4.78 is 7.11. The molecule has 3 heterocycles. The molecular weight excluding hydrogens is 352 g/mol. The molecule has 3 aromatic rings. The molecule has 0 spiro atoms. The Morgan fingerprint density at radius 2 is 1.89 bits per heavy atom. The fraction of sp³-hybridized carbons (Fsp3) is 0.273. The molecule has 0 atom stereocenters. The standard InChI is InChI=1S/C22H24N4O2/c1-24-20(21-10-6-16-28-21)17-19(23-24)22(27)26-14-12-25(13-15-26)11-5-9-18-7-3-2-4-8-18/h2-10,16-17H,11-15H2,1H3/b9-5+. The lowest BCUT2D eigenvalue weighted by atomic mass is 10.2. The predicted molar refractivity (Wildman–Crippen MR) is 109 cm³/mol. The van der Waals surface area contributed by atoms with Gasteiger partial charge in [0.25, 0.3) is 5.91 Å². The van der Waals surface area contributed by atoms with Gasteiger partial charge in [0, 0.05) is 45.8 Å². The predicted octanol–water partition coefficient (Wildman–Crippen LogP) is 3.15. The molecule has 1 aromatic carbocycles. The first kappa shape index (κ1) is 18.3. The van der Waals surface area contributed by atoms with Crippen LogP contribution in [0.15, 0.2) is 65.3 Å². The first-order valence-electron chi connectivity index (χ1n) is 9.52. The van der Waals surface area contributed by atoms with Gasteiger partial charge in [0.2, 0.25) is 0 Å². The van der Waals surface area contributed by atoms with Crippen molar-refractivity contribution in [3.05, 3.63) is 72.1 Å². The lowest BCUT2D eigenvalue weighted by Gasteiger charge is -2.33. The second-order valence-electron chi connectivity index (χ2n) is 6.92. The van der Waals surface area contributed by atoms with Crippen LogP contribution in [0, 0.1) is 0 Å². The van der Waals surface area contributed by atoms with Gasteiger partial charge >= 0.3 is 0 Å². The molecule has 1 aliphatic heterocycles. The molecule has 1 amide bonds. The maximum absolute atomic E-state index is 12.8. The normalized spacial score (nSPS) is 15.4. The maximum atomic E-state index is 12.8. The summed E-state index contributed by atoms with van der Waals surface area (Å²) in [5, 5.41) is 4.38. The Kier molecular flexibility index (Phi) is 5.39. The van der Waals surface area contributed by atoms with Crippen LogP contribution in [0.25, 0.3) is 17.5 Å². The van der Waals surface area contributed by atoms with Crippen molar-refractivity contribution in [3.63, 3.8) is 0 Å². The molecule has 0 aliphatic carbocycles. The molecule has 6 heteroatoms. The van der Waals surface area contributed by atoms with Crippen LogP contribution in [0.1, 0.15) is 16.1 Å². The van der Waals surface area contributed by atoms with Crippen molar-refractivity contribution < 1.29 is 9.21 Å². The van der Waals surface area contributed by atoms with Gasteiger partial charge in [0.1, 0.15) is 5.69 Å². The van der Waals surface area contributed by atoms with Gasteiger partial charge in [0.15, 0.2) is 11.5 Å². The Balaban J connectivity index is 1.32. The fourth-order valence-electron chi connectivity index (χ4n) is 3.42. The van der Waals surface area contributed by atoms with Crippen LogP contribution in [-0.2, 0) is 7.05 Å². The van der Waals surface area contributed by atoms with E-state index in [-0.39, 0.29) is 5.91 Å². The lowest BCUT2D eigenvalue weighted by molar-refractivity contribution is 0.0643. The minimum absolute atomic E-state index is 0.0205. The number of carbonyl (C=O) groups is 1. The van der Waals surface area contributed by atoms with Crippen LogP contribution in [0.5, 0.6) is 0 Å². The average Bonchev–Trinajstić information content (AvgIpc) is 3.38. The number of benzene rings is 1. The van der Waals surface area contributed by atoms with Crippen molar-refractivity contribution in [2.75, 3.05) is 32.7 Å². The zero-order chi connectivity index (χ0) is 19.3. The van der Waals surface area contributed by atoms with Crippen LogP contribution >= 0.6 is 0 Å². The zero-order valence-corrected chi connectivity index (χ0v) is 16.0. The number of nitrogens with zero attached hydrogens (tertiary/aromatic N) is 4. The molecule has 28 heavy (non-hydrogen) atoms. The van der Waals surface area contributed by atoms with Gasteiger partial charge in [-0.15, -0.1) is 0 Å². The quantitative estimate of drug-likeness (QED) is 0.686. The number of piperazine rings is 1. The van der Waals surface area contributed by atoms with Gasteiger partial charge < -0.3 is 9.32 Å². The van der Waals surface area contributed by atoms with Crippen LogP contribution in [-0.4, -0.2) is 58.2 Å². The molecule has 0 radical (unpaired) electrons. The smallest absolute Gasteiger partial charge is 0.274 e. The highest BCUT2D eigenvalue weighted by atomic mass is 16.3. The summed E-state index contributed by atoms with van der Waals surface area (Å²) >= 11 is 0. The summed E-state index contributed by atoms with van der Waals surface area (Å²) in [6, 6.07) is 15.8. The van der Waals surface area contributed by atoms with Gasteiger partial charge in [-0.1, -0.05) is 42.5 Å². The Bertz CT molecular complexity index is 936. The van der Waals surface area contributed by atoms with Crippen LogP contribution in [0.4, 0.5) is 0 Å². The minimum Gasteiger partial charge on any atom is -0.463 e. The average molecular weight is 376 g/mol. The summed E-state index contributed by atoms with van der Waals surface area (Å²) in [5.74, 6) is 0.692. The molecule has 2 aromatic heterocycles. The minimum atomic E-state index is -0.0205. The second-order valence-corrected chi connectivity index (χ2v) is 6.92. The molecule has 4 rings (SSSR count). The van der Waals surface area contributed by atoms with Gasteiger partial charge in [0.05, 0.1) is 6.26 Å². The highest BCUT2D eigenvalue weighted by Crippen LogP contribution is 2.21. The monoisotopic (exact) mass is 376 g/mol. The van der Waals surface area contributed by atoms with Gasteiger partial charge in [-0.05, 0) is 17.7 Å². The van der Waals surface area contributed by atoms with E-state index in [4.69, 9.17) is 4.42 Å². The van der Waals surface area contributed by atoms with Gasteiger partial charge in [-0.3, -0.25) is 14.4 Å². The van der Waals surface area contributed by atoms with E-state index < -0.39 is 0 Å². The summed E-state index contributed by atoms with van der Waals surface area (Å²) in [6.45, 7) is 4.05. The number of aromatic nitrogens is 2. The first-order valence-corrected chi connectivity index (χ1v) is 9.52. The number of rotatable bonds is 5. The highest BCUT2D eigenvalue weighted by molar-refractivity contribution is 5.93.